The average Bonchev–Trinajstić information content (AvgIpc) is 2.99. The number of anilines is 2. The van der Waals surface area contributed by atoms with Crippen LogP contribution in [0, 0.1) is 6.92 Å². The number of hydrogen-bond acceptors (Lipinski definition) is 5. The smallest absolute Gasteiger partial charge is 0.272 e. The topological polar surface area (TPSA) is 107 Å². The van der Waals surface area contributed by atoms with Crippen LogP contribution < -0.4 is 15.5 Å². The lowest BCUT2D eigenvalue weighted by atomic mass is 10.0. The molecule has 0 aromatic carbocycles. The summed E-state index contributed by atoms with van der Waals surface area (Å²) in [6.45, 7) is 6.76. The van der Waals surface area contributed by atoms with E-state index in [-0.39, 0.29) is 24.1 Å². The van der Waals surface area contributed by atoms with Crippen molar-refractivity contribution in [3.63, 3.8) is 0 Å². The highest BCUT2D eigenvalue weighted by atomic mass is 16.2. The van der Waals surface area contributed by atoms with Gasteiger partial charge >= 0.3 is 0 Å². The Labute approximate surface area is 157 Å². The maximum Gasteiger partial charge on any atom is 0.272 e. The van der Waals surface area contributed by atoms with Gasteiger partial charge in [0.1, 0.15) is 11.5 Å². The standard InChI is InChI=1S/C19H23N5O3/c1-4-14-17(12(3)25)11(2)22-18(14)19(27)23-13-5-6-15(21-9-13)24-8-7-20-16(26)10-24/h5-6,9,22H,4,7-8,10H2,1-3H3,(H,20,26)(H,23,27). The van der Waals surface area contributed by atoms with Gasteiger partial charge in [0.15, 0.2) is 5.78 Å². The number of nitrogens with one attached hydrogen (secondary N) is 3. The number of aryl methyl sites for hydroxylation is 1. The molecule has 0 unspecified atom stereocenters. The highest BCUT2D eigenvalue weighted by Crippen LogP contribution is 2.22. The molecule has 0 aliphatic carbocycles. The predicted octanol–water partition coefficient (Wildman–Crippen LogP) is 1.67. The molecule has 2 amide bonds. The largest absolute Gasteiger partial charge is 0.354 e. The Bertz CT molecular complexity index is 885. The van der Waals surface area contributed by atoms with Gasteiger partial charge in [-0.1, -0.05) is 6.92 Å². The molecule has 8 nitrogen and oxygen atoms in total. The first-order chi connectivity index (χ1) is 12.9. The number of amides is 2. The minimum absolute atomic E-state index is 0.0316. The Morgan fingerprint density at radius 3 is 2.70 bits per heavy atom. The molecular formula is C19H23N5O3. The second-order valence-electron chi connectivity index (χ2n) is 6.52. The molecular weight excluding hydrogens is 346 g/mol. The van der Waals surface area contributed by atoms with Gasteiger partial charge in [0.05, 0.1) is 18.4 Å². The van der Waals surface area contributed by atoms with E-state index in [0.29, 0.717) is 48.0 Å². The molecule has 8 heteroatoms. The van der Waals surface area contributed by atoms with Crippen molar-refractivity contribution in [2.75, 3.05) is 29.9 Å². The maximum absolute atomic E-state index is 12.7. The summed E-state index contributed by atoms with van der Waals surface area (Å²) >= 11 is 0. The first kappa shape index (κ1) is 18.6. The van der Waals surface area contributed by atoms with Gasteiger partial charge in [-0.3, -0.25) is 14.4 Å². The number of rotatable bonds is 5. The van der Waals surface area contributed by atoms with Crippen LogP contribution in [0.4, 0.5) is 11.5 Å². The monoisotopic (exact) mass is 369 g/mol. The van der Waals surface area contributed by atoms with E-state index < -0.39 is 0 Å². The number of aromatic nitrogens is 2. The van der Waals surface area contributed by atoms with E-state index in [2.05, 4.69) is 20.6 Å². The Morgan fingerprint density at radius 2 is 2.11 bits per heavy atom. The van der Waals surface area contributed by atoms with Gasteiger partial charge in [-0.2, -0.15) is 0 Å². The molecule has 3 heterocycles. The molecule has 0 atom stereocenters. The molecule has 27 heavy (non-hydrogen) atoms. The van der Waals surface area contributed by atoms with Crippen molar-refractivity contribution in [2.45, 2.75) is 27.2 Å². The summed E-state index contributed by atoms with van der Waals surface area (Å²) in [7, 11) is 0. The molecule has 1 saturated heterocycles. The Kier molecular flexibility index (Phi) is 5.25. The van der Waals surface area contributed by atoms with E-state index >= 15 is 0 Å². The molecule has 0 spiro atoms. The zero-order valence-corrected chi connectivity index (χ0v) is 15.7. The van der Waals surface area contributed by atoms with E-state index in [1.165, 1.54) is 6.92 Å². The van der Waals surface area contributed by atoms with Gasteiger partial charge in [0, 0.05) is 24.3 Å². The van der Waals surface area contributed by atoms with Crippen molar-refractivity contribution < 1.29 is 14.4 Å². The lowest BCUT2D eigenvalue weighted by Crippen LogP contribution is -2.48. The molecule has 1 aliphatic rings. The highest BCUT2D eigenvalue weighted by Gasteiger charge is 2.22. The van der Waals surface area contributed by atoms with Crippen LogP contribution in [-0.4, -0.2) is 47.2 Å². The summed E-state index contributed by atoms with van der Waals surface area (Å²) in [5.41, 5.74) is 2.95. The second kappa shape index (κ2) is 7.61. The molecule has 3 rings (SSSR count). The number of H-pyrrole nitrogens is 1. The van der Waals surface area contributed by atoms with E-state index in [4.69, 9.17) is 0 Å². The van der Waals surface area contributed by atoms with Crippen molar-refractivity contribution in [3.8, 4) is 0 Å². The van der Waals surface area contributed by atoms with Crippen LogP contribution in [0.25, 0.3) is 0 Å². The van der Waals surface area contributed by atoms with E-state index in [1.54, 1.807) is 25.3 Å². The SMILES string of the molecule is CCc1c(C(=O)Nc2ccc(N3CCNC(=O)C3)nc2)[nH]c(C)c1C(C)=O. The normalized spacial score (nSPS) is 14.0. The molecule has 2 aromatic heterocycles. The number of carbonyl (C=O) groups is 3. The van der Waals surface area contributed by atoms with Gasteiger partial charge in [-0.25, -0.2) is 4.98 Å². The third kappa shape index (κ3) is 3.84. The number of nitrogens with zero attached hydrogens (tertiary/aromatic N) is 2. The van der Waals surface area contributed by atoms with Crippen LogP contribution in [0.1, 0.15) is 46.0 Å². The molecule has 1 fully saturated rings. The Balaban J connectivity index is 1.76. The highest BCUT2D eigenvalue weighted by molar-refractivity contribution is 6.07. The van der Waals surface area contributed by atoms with Crippen LogP contribution in [0.3, 0.4) is 0 Å². The van der Waals surface area contributed by atoms with Crippen LogP contribution in [0.15, 0.2) is 18.3 Å². The van der Waals surface area contributed by atoms with Crippen molar-refractivity contribution >= 4 is 29.1 Å². The van der Waals surface area contributed by atoms with Gasteiger partial charge < -0.3 is 20.5 Å². The fourth-order valence-corrected chi connectivity index (χ4v) is 3.38. The zero-order chi connectivity index (χ0) is 19.6. The van der Waals surface area contributed by atoms with Crippen LogP contribution in [0.2, 0.25) is 0 Å². The fraction of sp³-hybridized carbons (Fsp3) is 0.368. The molecule has 2 aromatic rings. The summed E-state index contributed by atoms with van der Waals surface area (Å²) in [6, 6.07) is 3.52. The number of ketones is 1. The minimum Gasteiger partial charge on any atom is -0.354 e. The average molecular weight is 369 g/mol. The summed E-state index contributed by atoms with van der Waals surface area (Å²) in [5.74, 6) is 0.285. The first-order valence-electron chi connectivity index (χ1n) is 8.92. The van der Waals surface area contributed by atoms with Crippen LogP contribution >= 0.6 is 0 Å². The van der Waals surface area contributed by atoms with E-state index in [0.717, 1.165) is 5.56 Å². The molecule has 0 bridgehead atoms. The Hall–Kier alpha value is -3.16. The number of hydrogen-bond donors (Lipinski definition) is 3. The van der Waals surface area contributed by atoms with E-state index in [1.807, 2.05) is 11.8 Å². The van der Waals surface area contributed by atoms with Gasteiger partial charge in [0.2, 0.25) is 5.91 Å². The zero-order valence-electron chi connectivity index (χ0n) is 15.7. The third-order valence-electron chi connectivity index (χ3n) is 4.59. The number of carbonyl (C=O) groups excluding carboxylic acids is 3. The number of piperazine rings is 1. The predicted molar refractivity (Wildman–Crippen MR) is 102 cm³/mol. The van der Waals surface area contributed by atoms with Crippen LogP contribution in [-0.2, 0) is 11.2 Å². The van der Waals surface area contributed by atoms with Crippen LogP contribution in [0.5, 0.6) is 0 Å². The summed E-state index contributed by atoms with van der Waals surface area (Å²) < 4.78 is 0. The first-order valence-corrected chi connectivity index (χ1v) is 8.92. The lowest BCUT2D eigenvalue weighted by molar-refractivity contribution is -0.120. The van der Waals surface area contributed by atoms with Crippen molar-refractivity contribution in [1.29, 1.82) is 0 Å². The maximum atomic E-state index is 12.7. The molecule has 3 N–H and O–H groups in total. The third-order valence-corrected chi connectivity index (χ3v) is 4.59. The van der Waals surface area contributed by atoms with E-state index in [9.17, 15) is 14.4 Å². The van der Waals surface area contributed by atoms with Gasteiger partial charge in [-0.15, -0.1) is 0 Å². The van der Waals surface area contributed by atoms with Gasteiger partial charge in [0.25, 0.3) is 5.91 Å². The van der Waals surface area contributed by atoms with Crippen molar-refractivity contribution in [3.05, 3.63) is 40.8 Å². The summed E-state index contributed by atoms with van der Waals surface area (Å²) in [5, 5.41) is 5.58. The van der Waals surface area contributed by atoms with Crippen molar-refractivity contribution in [2.24, 2.45) is 0 Å². The number of pyridine rings is 1. The molecule has 142 valence electrons. The number of Topliss-reactive ketones (excluding diaryl/α,β-unsaturated/α-hetero) is 1. The van der Waals surface area contributed by atoms with Crippen molar-refractivity contribution in [1.82, 2.24) is 15.3 Å². The minimum atomic E-state index is -0.311. The molecule has 1 aliphatic heterocycles. The second-order valence-corrected chi connectivity index (χ2v) is 6.52. The van der Waals surface area contributed by atoms with Gasteiger partial charge in [-0.05, 0) is 38.0 Å². The number of aromatic amines is 1. The molecule has 0 radical (unpaired) electrons. The quantitative estimate of drug-likeness (QED) is 0.695. The fourth-order valence-electron chi connectivity index (χ4n) is 3.38. The summed E-state index contributed by atoms with van der Waals surface area (Å²) in [4.78, 5) is 45.3. The Morgan fingerprint density at radius 1 is 1.33 bits per heavy atom. The molecule has 0 saturated carbocycles. The summed E-state index contributed by atoms with van der Waals surface area (Å²) in [6.07, 6.45) is 2.14. The lowest BCUT2D eigenvalue weighted by Gasteiger charge is -2.27.